The highest BCUT2D eigenvalue weighted by molar-refractivity contribution is 5.99. The molecule has 23 heavy (non-hydrogen) atoms. The lowest BCUT2D eigenvalue weighted by molar-refractivity contribution is -0.0295. The summed E-state index contributed by atoms with van der Waals surface area (Å²) >= 11 is 0. The van der Waals surface area contributed by atoms with Crippen LogP contribution in [0.5, 0.6) is 0 Å². The molecule has 1 atom stereocenters. The fourth-order valence-electron chi connectivity index (χ4n) is 2.59. The first-order valence-electron chi connectivity index (χ1n) is 7.53. The number of para-hydroxylation sites is 1. The molecule has 1 heterocycles. The number of nitrogens with one attached hydrogen (secondary N) is 1. The van der Waals surface area contributed by atoms with Gasteiger partial charge in [0.15, 0.2) is 0 Å². The summed E-state index contributed by atoms with van der Waals surface area (Å²) in [4.78, 5) is 14.5. The number of benzene rings is 1. The normalized spacial score (nSPS) is 18.0. The molecule has 0 aliphatic carbocycles. The van der Waals surface area contributed by atoms with Crippen molar-refractivity contribution in [3.63, 3.8) is 0 Å². The quantitative estimate of drug-likeness (QED) is 0.786. The molecule has 132 valence electrons. The van der Waals surface area contributed by atoms with Crippen LogP contribution >= 0.6 is 24.8 Å². The van der Waals surface area contributed by atoms with Crippen LogP contribution in [0.4, 0.5) is 5.69 Å². The van der Waals surface area contributed by atoms with Crippen LogP contribution in [0.15, 0.2) is 24.3 Å². The van der Waals surface area contributed by atoms with Gasteiger partial charge >= 0.3 is 0 Å². The zero-order valence-electron chi connectivity index (χ0n) is 13.7. The highest BCUT2D eigenvalue weighted by Gasteiger charge is 2.21. The number of nitrogens with zero attached hydrogens (tertiary/aromatic N) is 1. The van der Waals surface area contributed by atoms with Gasteiger partial charge < -0.3 is 15.8 Å². The van der Waals surface area contributed by atoms with Gasteiger partial charge in [-0.2, -0.15) is 0 Å². The van der Waals surface area contributed by atoms with Gasteiger partial charge in [0.2, 0.25) is 0 Å². The summed E-state index contributed by atoms with van der Waals surface area (Å²) in [6.45, 7) is 8.56. The number of amides is 1. The molecule has 1 aromatic carbocycles. The minimum Gasteiger partial charge on any atom is -0.398 e. The Balaban J connectivity index is 0.00000242. The van der Waals surface area contributed by atoms with Crippen molar-refractivity contribution in [3.8, 4) is 0 Å². The molecule has 2 rings (SSSR count). The maximum atomic E-state index is 12.1. The second-order valence-electron chi connectivity index (χ2n) is 5.94. The third-order valence-electron chi connectivity index (χ3n) is 3.54. The Labute approximate surface area is 150 Å². The van der Waals surface area contributed by atoms with Crippen LogP contribution in [0.3, 0.4) is 0 Å². The Bertz CT molecular complexity index is 486. The van der Waals surface area contributed by atoms with E-state index in [9.17, 15) is 4.79 Å². The maximum absolute atomic E-state index is 12.1. The first-order chi connectivity index (χ1) is 10.1. The summed E-state index contributed by atoms with van der Waals surface area (Å²) in [5.41, 5.74) is 6.83. The van der Waals surface area contributed by atoms with E-state index in [1.807, 2.05) is 12.1 Å². The standard InChI is InChI=1S/C16H25N3O2.2ClH/c1-12(2)10-19-7-8-21-13(11-19)9-18-16(20)14-5-3-4-6-15(14)17;;/h3-6,12-13H,7-11,17H2,1-2H3,(H,18,20);2*1H. The van der Waals surface area contributed by atoms with E-state index in [-0.39, 0.29) is 36.8 Å². The molecule has 1 fully saturated rings. The van der Waals surface area contributed by atoms with Gasteiger partial charge in [-0.25, -0.2) is 0 Å². The van der Waals surface area contributed by atoms with Crippen LogP contribution < -0.4 is 11.1 Å². The molecule has 1 saturated heterocycles. The smallest absolute Gasteiger partial charge is 0.253 e. The highest BCUT2D eigenvalue weighted by Crippen LogP contribution is 2.11. The number of ether oxygens (including phenoxy) is 1. The molecule has 1 aromatic rings. The minimum absolute atomic E-state index is 0. The molecule has 7 heteroatoms. The van der Waals surface area contributed by atoms with Crippen LogP contribution in [0.1, 0.15) is 24.2 Å². The summed E-state index contributed by atoms with van der Waals surface area (Å²) in [6, 6.07) is 7.10. The summed E-state index contributed by atoms with van der Waals surface area (Å²) in [6.07, 6.45) is 0.0476. The van der Waals surface area contributed by atoms with Gasteiger partial charge in [-0.1, -0.05) is 26.0 Å². The number of carbonyl (C=O) groups excluding carboxylic acids is 1. The number of anilines is 1. The van der Waals surface area contributed by atoms with Crippen molar-refractivity contribution >= 4 is 36.4 Å². The number of nitrogens with two attached hydrogens (primary N) is 1. The predicted molar refractivity (Wildman–Crippen MR) is 98.7 cm³/mol. The zero-order chi connectivity index (χ0) is 15.2. The van der Waals surface area contributed by atoms with Crippen molar-refractivity contribution in [1.29, 1.82) is 0 Å². The van der Waals surface area contributed by atoms with Crippen LogP contribution in [-0.2, 0) is 4.74 Å². The SMILES string of the molecule is CC(C)CN1CCOC(CNC(=O)c2ccccc2N)C1.Cl.Cl. The van der Waals surface area contributed by atoms with Crippen molar-refractivity contribution in [3.05, 3.63) is 29.8 Å². The van der Waals surface area contributed by atoms with Crippen molar-refractivity contribution < 1.29 is 9.53 Å². The third-order valence-corrected chi connectivity index (χ3v) is 3.54. The monoisotopic (exact) mass is 363 g/mol. The number of rotatable bonds is 5. The Morgan fingerprint density at radius 3 is 2.74 bits per heavy atom. The van der Waals surface area contributed by atoms with Crippen LogP contribution in [-0.4, -0.2) is 49.7 Å². The van der Waals surface area contributed by atoms with E-state index in [2.05, 4.69) is 24.1 Å². The average Bonchev–Trinajstić information content (AvgIpc) is 2.45. The minimum atomic E-state index is -0.141. The second kappa shape index (κ2) is 10.7. The third kappa shape index (κ3) is 6.96. The highest BCUT2D eigenvalue weighted by atomic mass is 35.5. The van der Waals surface area contributed by atoms with E-state index in [0.717, 1.165) is 26.2 Å². The first-order valence-corrected chi connectivity index (χ1v) is 7.53. The Morgan fingerprint density at radius 1 is 1.39 bits per heavy atom. The molecule has 0 radical (unpaired) electrons. The Kier molecular flexibility index (Phi) is 10.2. The molecule has 3 N–H and O–H groups in total. The average molecular weight is 364 g/mol. The van der Waals surface area contributed by atoms with Crippen molar-refractivity contribution in [2.24, 2.45) is 5.92 Å². The molecule has 0 aromatic heterocycles. The van der Waals surface area contributed by atoms with Gasteiger partial charge in [0.1, 0.15) is 0 Å². The number of nitrogen functional groups attached to an aromatic ring is 1. The van der Waals surface area contributed by atoms with E-state index in [1.54, 1.807) is 12.1 Å². The Hall–Kier alpha value is -1.01. The van der Waals surface area contributed by atoms with Crippen LogP contribution in [0.25, 0.3) is 0 Å². The number of hydrogen-bond acceptors (Lipinski definition) is 4. The molecule has 0 spiro atoms. The summed E-state index contributed by atoms with van der Waals surface area (Å²) in [5.74, 6) is 0.500. The van der Waals surface area contributed by atoms with Gasteiger partial charge in [0.05, 0.1) is 18.3 Å². The molecule has 0 saturated carbocycles. The molecular formula is C16H27Cl2N3O2. The van der Waals surface area contributed by atoms with E-state index < -0.39 is 0 Å². The first kappa shape index (κ1) is 22.0. The summed E-state index contributed by atoms with van der Waals surface area (Å²) in [7, 11) is 0. The van der Waals surface area contributed by atoms with Gasteiger partial charge in [0, 0.05) is 31.9 Å². The second-order valence-corrected chi connectivity index (χ2v) is 5.94. The molecule has 0 bridgehead atoms. The molecule has 1 aliphatic heterocycles. The number of hydrogen-bond donors (Lipinski definition) is 2. The lowest BCUT2D eigenvalue weighted by Crippen LogP contribution is -2.48. The molecule has 1 unspecified atom stereocenters. The van der Waals surface area contributed by atoms with E-state index in [0.29, 0.717) is 23.7 Å². The lowest BCUT2D eigenvalue weighted by atomic mass is 10.1. The fourth-order valence-corrected chi connectivity index (χ4v) is 2.59. The van der Waals surface area contributed by atoms with Gasteiger partial charge in [0.25, 0.3) is 5.91 Å². The van der Waals surface area contributed by atoms with Crippen molar-refractivity contribution in [2.45, 2.75) is 20.0 Å². The molecule has 5 nitrogen and oxygen atoms in total. The zero-order valence-corrected chi connectivity index (χ0v) is 15.3. The van der Waals surface area contributed by atoms with E-state index >= 15 is 0 Å². The topological polar surface area (TPSA) is 67.6 Å². The number of carbonyl (C=O) groups is 1. The van der Waals surface area contributed by atoms with Gasteiger partial charge in [-0.3, -0.25) is 9.69 Å². The summed E-state index contributed by atoms with van der Waals surface area (Å²) in [5, 5.41) is 2.91. The lowest BCUT2D eigenvalue weighted by Gasteiger charge is -2.34. The maximum Gasteiger partial charge on any atom is 0.253 e. The number of halogens is 2. The van der Waals surface area contributed by atoms with E-state index in [4.69, 9.17) is 10.5 Å². The molecular weight excluding hydrogens is 337 g/mol. The molecule has 1 aliphatic rings. The Morgan fingerprint density at radius 2 is 2.09 bits per heavy atom. The van der Waals surface area contributed by atoms with Crippen molar-refractivity contribution in [1.82, 2.24) is 10.2 Å². The van der Waals surface area contributed by atoms with Crippen LogP contribution in [0, 0.1) is 5.92 Å². The van der Waals surface area contributed by atoms with Crippen molar-refractivity contribution in [2.75, 3.05) is 38.5 Å². The fraction of sp³-hybridized carbons (Fsp3) is 0.562. The van der Waals surface area contributed by atoms with Crippen LogP contribution in [0.2, 0.25) is 0 Å². The number of morpholine rings is 1. The van der Waals surface area contributed by atoms with Gasteiger partial charge in [-0.15, -0.1) is 24.8 Å². The largest absolute Gasteiger partial charge is 0.398 e. The van der Waals surface area contributed by atoms with Gasteiger partial charge in [-0.05, 0) is 18.1 Å². The predicted octanol–water partition coefficient (Wildman–Crippen LogP) is 2.20. The summed E-state index contributed by atoms with van der Waals surface area (Å²) < 4.78 is 5.72. The van der Waals surface area contributed by atoms with E-state index in [1.165, 1.54) is 0 Å². The molecule has 1 amide bonds.